The van der Waals surface area contributed by atoms with Gasteiger partial charge in [-0.15, -0.1) is 0 Å². The van der Waals surface area contributed by atoms with E-state index in [0.29, 0.717) is 12.5 Å². The number of hydrogen-bond acceptors (Lipinski definition) is 4. The second-order valence-corrected chi connectivity index (χ2v) is 6.05. The van der Waals surface area contributed by atoms with Crippen LogP contribution in [0.3, 0.4) is 0 Å². The van der Waals surface area contributed by atoms with Crippen molar-refractivity contribution in [3.8, 4) is 0 Å². The molecule has 1 saturated heterocycles. The van der Waals surface area contributed by atoms with Crippen LogP contribution in [-0.2, 0) is 11.3 Å². The van der Waals surface area contributed by atoms with Gasteiger partial charge in [-0.2, -0.15) is 10.2 Å². The van der Waals surface area contributed by atoms with Crippen molar-refractivity contribution in [2.75, 3.05) is 25.0 Å². The predicted molar refractivity (Wildman–Crippen MR) is 88.2 cm³/mol. The van der Waals surface area contributed by atoms with Gasteiger partial charge in [-0.25, -0.2) is 4.68 Å². The summed E-state index contributed by atoms with van der Waals surface area (Å²) in [5, 5.41) is 14.3. The molecule has 0 bridgehead atoms. The number of aryl methyl sites for hydroxylation is 1. The van der Waals surface area contributed by atoms with Crippen LogP contribution < -0.4 is 5.32 Å². The zero-order valence-electron chi connectivity index (χ0n) is 13.5. The normalized spacial score (nSPS) is 16.6. The molecule has 1 fully saturated rings. The standard InChI is InChI=1S/C16H24N6O/c1-2-9-22-15(4-8-18-22)19-16(23)12-21-10-5-13(6-11-21)14-3-7-17-20-14/h3-4,7-8,13H,2,5-6,9-12H2,1H3,(H,17,20)(H,19,23). The molecule has 0 aromatic carbocycles. The highest BCUT2D eigenvalue weighted by Crippen LogP contribution is 2.26. The Hall–Kier alpha value is -2.15. The molecule has 2 aromatic rings. The van der Waals surface area contributed by atoms with Gasteiger partial charge in [-0.05, 0) is 38.4 Å². The molecule has 0 aliphatic carbocycles. The Morgan fingerprint density at radius 3 is 2.87 bits per heavy atom. The van der Waals surface area contributed by atoms with Gasteiger partial charge in [-0.3, -0.25) is 14.8 Å². The minimum atomic E-state index is 0.0304. The molecule has 1 aliphatic rings. The van der Waals surface area contributed by atoms with E-state index < -0.39 is 0 Å². The third-order valence-electron chi connectivity index (χ3n) is 4.34. The number of hydrogen-bond donors (Lipinski definition) is 2. The molecule has 2 aromatic heterocycles. The van der Waals surface area contributed by atoms with Crippen molar-refractivity contribution >= 4 is 11.7 Å². The molecule has 23 heavy (non-hydrogen) atoms. The van der Waals surface area contributed by atoms with Crippen LogP contribution in [0.15, 0.2) is 24.5 Å². The number of carbonyl (C=O) groups excluding carboxylic acids is 1. The number of nitrogens with one attached hydrogen (secondary N) is 2. The van der Waals surface area contributed by atoms with Crippen LogP contribution in [0.1, 0.15) is 37.8 Å². The highest BCUT2D eigenvalue weighted by atomic mass is 16.2. The first-order valence-corrected chi connectivity index (χ1v) is 8.29. The first kappa shape index (κ1) is 15.7. The summed E-state index contributed by atoms with van der Waals surface area (Å²) in [5.74, 6) is 1.34. The smallest absolute Gasteiger partial charge is 0.239 e. The van der Waals surface area contributed by atoms with Gasteiger partial charge in [-0.1, -0.05) is 6.92 Å². The van der Waals surface area contributed by atoms with E-state index in [1.165, 1.54) is 5.69 Å². The second-order valence-electron chi connectivity index (χ2n) is 6.05. The average molecular weight is 316 g/mol. The fourth-order valence-electron chi connectivity index (χ4n) is 3.11. The van der Waals surface area contributed by atoms with Gasteiger partial charge in [0.05, 0.1) is 12.7 Å². The summed E-state index contributed by atoms with van der Waals surface area (Å²) in [6.45, 7) is 5.22. The SMILES string of the molecule is CCCn1nccc1NC(=O)CN1CCC(c2ccn[nH]2)CC1. The quantitative estimate of drug-likeness (QED) is 0.852. The molecule has 1 aliphatic heterocycles. The van der Waals surface area contributed by atoms with E-state index in [9.17, 15) is 4.79 Å². The molecule has 0 spiro atoms. The Balaban J connectivity index is 1.46. The molecule has 3 rings (SSSR count). The largest absolute Gasteiger partial charge is 0.310 e. The maximum absolute atomic E-state index is 12.2. The summed E-state index contributed by atoms with van der Waals surface area (Å²) in [6.07, 6.45) is 6.63. The van der Waals surface area contributed by atoms with Crippen LogP contribution >= 0.6 is 0 Å². The third kappa shape index (κ3) is 3.98. The Kier molecular flexibility index (Phi) is 5.07. The molecule has 0 saturated carbocycles. The van der Waals surface area contributed by atoms with Gasteiger partial charge in [0, 0.05) is 30.4 Å². The highest BCUT2D eigenvalue weighted by Gasteiger charge is 2.23. The Morgan fingerprint density at radius 2 is 2.17 bits per heavy atom. The van der Waals surface area contributed by atoms with E-state index >= 15 is 0 Å². The number of likely N-dealkylation sites (tertiary alicyclic amines) is 1. The molecule has 2 N–H and O–H groups in total. The number of aromatic amines is 1. The lowest BCUT2D eigenvalue weighted by Crippen LogP contribution is -2.39. The number of rotatable bonds is 6. The Labute approximate surface area is 136 Å². The van der Waals surface area contributed by atoms with E-state index in [0.717, 1.165) is 44.7 Å². The van der Waals surface area contributed by atoms with Gasteiger partial charge < -0.3 is 5.32 Å². The lowest BCUT2D eigenvalue weighted by atomic mass is 9.94. The summed E-state index contributed by atoms with van der Waals surface area (Å²) < 4.78 is 1.84. The Bertz CT molecular complexity index is 612. The van der Waals surface area contributed by atoms with Gasteiger partial charge in [0.25, 0.3) is 0 Å². The fraction of sp³-hybridized carbons (Fsp3) is 0.562. The van der Waals surface area contributed by atoms with Crippen molar-refractivity contribution < 1.29 is 4.79 Å². The molecule has 1 amide bonds. The summed E-state index contributed by atoms with van der Waals surface area (Å²) in [4.78, 5) is 14.4. The number of carbonyl (C=O) groups is 1. The number of nitrogens with zero attached hydrogens (tertiary/aromatic N) is 4. The molecule has 0 unspecified atom stereocenters. The molecule has 124 valence electrons. The van der Waals surface area contributed by atoms with Gasteiger partial charge in [0.15, 0.2) is 0 Å². The highest BCUT2D eigenvalue weighted by molar-refractivity contribution is 5.91. The molecular formula is C16H24N6O. The van der Waals surface area contributed by atoms with E-state index in [1.807, 2.05) is 16.8 Å². The van der Waals surface area contributed by atoms with Crippen LogP contribution in [0.25, 0.3) is 0 Å². The lowest BCUT2D eigenvalue weighted by Gasteiger charge is -2.30. The number of piperidine rings is 1. The summed E-state index contributed by atoms with van der Waals surface area (Å²) >= 11 is 0. The molecular weight excluding hydrogens is 292 g/mol. The summed E-state index contributed by atoms with van der Waals surface area (Å²) in [5.41, 5.74) is 1.21. The fourth-order valence-corrected chi connectivity index (χ4v) is 3.11. The molecule has 0 atom stereocenters. The zero-order chi connectivity index (χ0) is 16.1. The van der Waals surface area contributed by atoms with Crippen LogP contribution in [0, 0.1) is 0 Å². The van der Waals surface area contributed by atoms with Crippen molar-refractivity contribution in [3.63, 3.8) is 0 Å². The summed E-state index contributed by atoms with van der Waals surface area (Å²) in [7, 11) is 0. The average Bonchev–Trinajstić information content (AvgIpc) is 3.21. The third-order valence-corrected chi connectivity index (χ3v) is 4.34. The first-order valence-electron chi connectivity index (χ1n) is 8.29. The summed E-state index contributed by atoms with van der Waals surface area (Å²) in [6, 6.07) is 3.89. The topological polar surface area (TPSA) is 78.8 Å². The molecule has 7 nitrogen and oxygen atoms in total. The van der Waals surface area contributed by atoms with Crippen LogP contribution in [0.5, 0.6) is 0 Å². The second kappa shape index (κ2) is 7.41. The minimum absolute atomic E-state index is 0.0304. The van der Waals surface area contributed by atoms with E-state index in [2.05, 4.69) is 32.4 Å². The van der Waals surface area contributed by atoms with Gasteiger partial charge in [0.1, 0.15) is 5.82 Å². The van der Waals surface area contributed by atoms with Crippen molar-refractivity contribution in [1.82, 2.24) is 24.9 Å². The molecule has 0 radical (unpaired) electrons. The predicted octanol–water partition coefficient (Wildman–Crippen LogP) is 1.83. The maximum Gasteiger partial charge on any atom is 0.239 e. The van der Waals surface area contributed by atoms with Crippen molar-refractivity contribution in [1.29, 1.82) is 0 Å². The number of aromatic nitrogens is 4. The van der Waals surface area contributed by atoms with E-state index in [4.69, 9.17) is 0 Å². The van der Waals surface area contributed by atoms with Crippen LogP contribution in [-0.4, -0.2) is 50.4 Å². The molecule has 7 heteroatoms. The zero-order valence-corrected chi connectivity index (χ0v) is 13.5. The van der Waals surface area contributed by atoms with Gasteiger partial charge in [0.2, 0.25) is 5.91 Å². The van der Waals surface area contributed by atoms with Crippen LogP contribution in [0.2, 0.25) is 0 Å². The monoisotopic (exact) mass is 316 g/mol. The number of H-pyrrole nitrogens is 1. The number of anilines is 1. The maximum atomic E-state index is 12.2. The minimum Gasteiger partial charge on any atom is -0.310 e. The van der Waals surface area contributed by atoms with Crippen LogP contribution in [0.4, 0.5) is 5.82 Å². The van der Waals surface area contributed by atoms with Crippen molar-refractivity contribution in [2.45, 2.75) is 38.6 Å². The van der Waals surface area contributed by atoms with Gasteiger partial charge >= 0.3 is 0 Å². The van der Waals surface area contributed by atoms with Crippen molar-refractivity contribution in [3.05, 3.63) is 30.2 Å². The van der Waals surface area contributed by atoms with Crippen molar-refractivity contribution in [2.24, 2.45) is 0 Å². The number of amides is 1. The van der Waals surface area contributed by atoms with E-state index in [-0.39, 0.29) is 5.91 Å². The molecule has 3 heterocycles. The lowest BCUT2D eigenvalue weighted by molar-refractivity contribution is -0.117. The first-order chi connectivity index (χ1) is 11.3. The Morgan fingerprint density at radius 1 is 1.35 bits per heavy atom. The van der Waals surface area contributed by atoms with E-state index in [1.54, 1.807) is 12.4 Å².